The zero-order chi connectivity index (χ0) is 12.1. The lowest BCUT2D eigenvalue weighted by atomic mass is 10.2. The van der Waals surface area contributed by atoms with E-state index in [2.05, 4.69) is 0 Å². The third-order valence-electron chi connectivity index (χ3n) is 1.97. The zero-order valence-corrected chi connectivity index (χ0v) is 9.36. The van der Waals surface area contributed by atoms with Gasteiger partial charge in [0.2, 0.25) is 0 Å². The zero-order valence-electron chi connectivity index (χ0n) is 8.60. The summed E-state index contributed by atoms with van der Waals surface area (Å²) in [7, 11) is 0. The molecule has 1 aromatic carbocycles. The van der Waals surface area contributed by atoms with E-state index in [0.717, 1.165) is 0 Å². The third kappa shape index (κ3) is 2.93. The molecule has 0 spiro atoms. The highest BCUT2D eigenvalue weighted by Gasteiger charge is 2.15. The average molecular weight is 244 g/mol. The quantitative estimate of drug-likeness (QED) is 0.268. The van der Waals surface area contributed by atoms with Crippen molar-refractivity contribution in [1.82, 2.24) is 0 Å². The van der Waals surface area contributed by atoms with Crippen molar-refractivity contribution in [3.63, 3.8) is 0 Å². The molecule has 0 heterocycles. The van der Waals surface area contributed by atoms with Crippen molar-refractivity contribution in [3.8, 4) is 5.75 Å². The number of hydrogen-bond donors (Lipinski definition) is 0. The van der Waals surface area contributed by atoms with E-state index in [1.165, 1.54) is 25.1 Å². The SMILES string of the molecule is Cc1c(OC(=O)CCCl)cccc1[N+](=O)[O-]. The minimum Gasteiger partial charge on any atom is -0.426 e. The van der Waals surface area contributed by atoms with Crippen molar-refractivity contribution in [1.29, 1.82) is 0 Å². The molecule has 1 aromatic rings. The van der Waals surface area contributed by atoms with Crippen molar-refractivity contribution in [2.45, 2.75) is 13.3 Å². The Morgan fingerprint density at radius 1 is 1.56 bits per heavy atom. The summed E-state index contributed by atoms with van der Waals surface area (Å²) in [6, 6.07) is 4.33. The summed E-state index contributed by atoms with van der Waals surface area (Å²) in [5.41, 5.74) is 0.256. The van der Waals surface area contributed by atoms with Gasteiger partial charge in [0.1, 0.15) is 5.75 Å². The molecule has 0 radical (unpaired) electrons. The van der Waals surface area contributed by atoms with Crippen LogP contribution in [0.25, 0.3) is 0 Å². The monoisotopic (exact) mass is 243 g/mol. The van der Waals surface area contributed by atoms with Crippen molar-refractivity contribution in [2.24, 2.45) is 0 Å². The number of benzene rings is 1. The minimum atomic E-state index is -0.520. The van der Waals surface area contributed by atoms with Gasteiger partial charge in [0.15, 0.2) is 0 Å². The summed E-state index contributed by atoms with van der Waals surface area (Å²) in [5, 5.41) is 10.6. The number of alkyl halides is 1. The molecule has 0 N–H and O–H groups in total. The number of nitrogens with zero attached hydrogens (tertiary/aromatic N) is 1. The van der Waals surface area contributed by atoms with Gasteiger partial charge in [-0.25, -0.2) is 0 Å². The molecule has 0 amide bonds. The molecule has 0 aromatic heterocycles. The molecule has 0 bridgehead atoms. The van der Waals surface area contributed by atoms with Gasteiger partial charge in [-0.15, -0.1) is 11.6 Å². The summed E-state index contributed by atoms with van der Waals surface area (Å²) < 4.78 is 4.95. The molecule has 86 valence electrons. The largest absolute Gasteiger partial charge is 0.426 e. The van der Waals surface area contributed by atoms with E-state index in [9.17, 15) is 14.9 Å². The molecule has 16 heavy (non-hydrogen) atoms. The van der Waals surface area contributed by atoms with Crippen LogP contribution in [0.2, 0.25) is 0 Å². The van der Waals surface area contributed by atoms with Crippen molar-refractivity contribution < 1.29 is 14.5 Å². The molecule has 1 rings (SSSR count). The fraction of sp³-hybridized carbons (Fsp3) is 0.300. The maximum atomic E-state index is 11.2. The molecule has 6 heteroatoms. The van der Waals surface area contributed by atoms with Gasteiger partial charge in [-0.3, -0.25) is 14.9 Å². The van der Waals surface area contributed by atoms with Crippen LogP contribution in [0.15, 0.2) is 18.2 Å². The van der Waals surface area contributed by atoms with Crippen molar-refractivity contribution >= 4 is 23.3 Å². The number of carbonyl (C=O) groups is 1. The Morgan fingerprint density at radius 3 is 2.81 bits per heavy atom. The number of halogens is 1. The van der Waals surface area contributed by atoms with E-state index in [4.69, 9.17) is 16.3 Å². The van der Waals surface area contributed by atoms with E-state index in [1.54, 1.807) is 0 Å². The maximum Gasteiger partial charge on any atom is 0.312 e. The minimum absolute atomic E-state index is 0.0730. The number of hydrogen-bond acceptors (Lipinski definition) is 4. The van der Waals surface area contributed by atoms with E-state index in [-0.39, 0.29) is 23.7 Å². The Kier molecular flexibility index (Phi) is 4.25. The normalized spacial score (nSPS) is 9.88. The van der Waals surface area contributed by atoms with Gasteiger partial charge in [-0.05, 0) is 13.0 Å². The fourth-order valence-electron chi connectivity index (χ4n) is 1.16. The Bertz CT molecular complexity index is 419. The summed E-state index contributed by atoms with van der Waals surface area (Å²) in [5.74, 6) is -0.143. The summed E-state index contributed by atoms with van der Waals surface area (Å²) in [4.78, 5) is 21.3. The van der Waals surface area contributed by atoms with Gasteiger partial charge in [0.05, 0.1) is 16.9 Å². The van der Waals surface area contributed by atoms with E-state index in [0.29, 0.717) is 5.56 Å². The predicted molar refractivity (Wildman–Crippen MR) is 58.8 cm³/mol. The van der Waals surface area contributed by atoms with Crippen LogP contribution in [0.3, 0.4) is 0 Å². The Hall–Kier alpha value is -1.62. The molecule has 0 aliphatic rings. The van der Waals surface area contributed by atoms with Crippen LogP contribution in [-0.4, -0.2) is 16.8 Å². The lowest BCUT2D eigenvalue weighted by Crippen LogP contribution is -2.09. The summed E-state index contributed by atoms with van der Waals surface area (Å²) in [6.07, 6.45) is 0.0731. The molecule has 0 aliphatic carbocycles. The lowest BCUT2D eigenvalue weighted by Gasteiger charge is -2.06. The van der Waals surface area contributed by atoms with Gasteiger partial charge in [-0.1, -0.05) is 6.07 Å². The second-order valence-electron chi connectivity index (χ2n) is 3.07. The number of rotatable bonds is 4. The summed E-state index contributed by atoms with van der Waals surface area (Å²) >= 11 is 5.38. The average Bonchev–Trinajstić information content (AvgIpc) is 2.21. The molecule has 5 nitrogen and oxygen atoms in total. The smallest absolute Gasteiger partial charge is 0.312 e. The molecular weight excluding hydrogens is 234 g/mol. The maximum absolute atomic E-state index is 11.2. The molecular formula is C10H10ClNO4. The number of carbonyl (C=O) groups excluding carboxylic acids is 1. The number of nitro benzene ring substituents is 1. The van der Waals surface area contributed by atoms with Crippen molar-refractivity contribution in [2.75, 3.05) is 5.88 Å². The second kappa shape index (κ2) is 5.46. The van der Waals surface area contributed by atoms with Crippen LogP contribution in [0.1, 0.15) is 12.0 Å². The molecule has 0 fully saturated rings. The van der Waals surface area contributed by atoms with Crippen LogP contribution in [0.4, 0.5) is 5.69 Å². The van der Waals surface area contributed by atoms with Crippen LogP contribution in [-0.2, 0) is 4.79 Å². The topological polar surface area (TPSA) is 69.4 Å². The van der Waals surface area contributed by atoms with Gasteiger partial charge in [0.25, 0.3) is 5.69 Å². The number of esters is 1. The van der Waals surface area contributed by atoms with Gasteiger partial charge in [-0.2, -0.15) is 0 Å². The Labute approximate surface area is 97.1 Å². The number of nitro groups is 1. The van der Waals surface area contributed by atoms with Gasteiger partial charge in [0, 0.05) is 11.9 Å². The number of ether oxygens (including phenoxy) is 1. The first-order valence-corrected chi connectivity index (χ1v) is 5.10. The highest BCUT2D eigenvalue weighted by molar-refractivity contribution is 6.18. The van der Waals surface area contributed by atoms with Crippen molar-refractivity contribution in [3.05, 3.63) is 33.9 Å². The van der Waals surface area contributed by atoms with E-state index < -0.39 is 10.9 Å². The molecule has 0 aliphatic heterocycles. The second-order valence-corrected chi connectivity index (χ2v) is 3.45. The summed E-state index contributed by atoms with van der Waals surface area (Å²) in [6.45, 7) is 1.53. The third-order valence-corrected chi connectivity index (χ3v) is 2.16. The molecule has 0 saturated heterocycles. The highest BCUT2D eigenvalue weighted by Crippen LogP contribution is 2.27. The van der Waals surface area contributed by atoms with Crippen LogP contribution >= 0.6 is 11.6 Å². The lowest BCUT2D eigenvalue weighted by molar-refractivity contribution is -0.385. The first kappa shape index (κ1) is 12.4. The van der Waals surface area contributed by atoms with Crippen LogP contribution < -0.4 is 4.74 Å². The van der Waals surface area contributed by atoms with Crippen LogP contribution in [0.5, 0.6) is 5.75 Å². The molecule has 0 saturated carbocycles. The van der Waals surface area contributed by atoms with E-state index in [1.807, 2.05) is 0 Å². The first-order valence-electron chi connectivity index (χ1n) is 4.57. The standard InChI is InChI=1S/C10H10ClNO4/c1-7-8(12(14)15)3-2-4-9(7)16-10(13)5-6-11/h2-4H,5-6H2,1H3. The predicted octanol–water partition coefficient (Wildman–Crippen LogP) is 2.44. The molecule has 0 atom stereocenters. The van der Waals surface area contributed by atoms with Crippen LogP contribution in [0, 0.1) is 17.0 Å². The first-order chi connectivity index (χ1) is 7.56. The molecule has 0 unspecified atom stereocenters. The Morgan fingerprint density at radius 2 is 2.25 bits per heavy atom. The Balaban J connectivity index is 2.93. The van der Waals surface area contributed by atoms with Gasteiger partial charge < -0.3 is 4.74 Å². The van der Waals surface area contributed by atoms with E-state index >= 15 is 0 Å². The van der Waals surface area contributed by atoms with Gasteiger partial charge >= 0.3 is 5.97 Å². The fourth-order valence-corrected chi connectivity index (χ4v) is 1.32. The highest BCUT2D eigenvalue weighted by atomic mass is 35.5.